The van der Waals surface area contributed by atoms with Gasteiger partial charge < -0.3 is 14.8 Å². The summed E-state index contributed by atoms with van der Waals surface area (Å²) in [5, 5.41) is 19.2. The Labute approximate surface area is 86.4 Å². The Morgan fingerprint density at radius 1 is 1.40 bits per heavy atom. The van der Waals surface area contributed by atoms with Crippen LogP contribution in [0.4, 0.5) is 0 Å². The van der Waals surface area contributed by atoms with Gasteiger partial charge in [0.25, 0.3) is 0 Å². The van der Waals surface area contributed by atoms with E-state index < -0.39 is 12.1 Å². The van der Waals surface area contributed by atoms with Crippen LogP contribution in [0.3, 0.4) is 0 Å². The predicted molar refractivity (Wildman–Crippen MR) is 55.5 cm³/mol. The maximum Gasteiger partial charge on any atom is 0.337 e. The van der Waals surface area contributed by atoms with Crippen LogP contribution in [0.2, 0.25) is 0 Å². The van der Waals surface area contributed by atoms with Crippen molar-refractivity contribution in [1.29, 1.82) is 0 Å². The number of fused-ring (bicyclic) bond motifs is 1. The minimum Gasteiger partial charge on any atom is -0.479 e. The Hall–Kier alpha value is -1.81. The van der Waals surface area contributed by atoms with Crippen LogP contribution in [0.25, 0.3) is 10.9 Å². The highest BCUT2D eigenvalue weighted by Crippen LogP contribution is 2.24. The smallest absolute Gasteiger partial charge is 0.337 e. The Kier molecular flexibility index (Phi) is 2.21. The van der Waals surface area contributed by atoms with Crippen LogP contribution in [0.1, 0.15) is 11.7 Å². The number of carboxylic acids is 1. The van der Waals surface area contributed by atoms with Gasteiger partial charge in [-0.2, -0.15) is 0 Å². The summed E-state index contributed by atoms with van der Waals surface area (Å²) in [6.07, 6.45) is 0.366. The molecule has 0 fully saturated rings. The molecule has 0 radical (unpaired) electrons. The molecule has 1 heterocycles. The number of para-hydroxylation sites is 1. The molecular weight excluding hydrogens is 194 g/mol. The van der Waals surface area contributed by atoms with Gasteiger partial charge in [0.2, 0.25) is 0 Å². The molecular formula is C11H11NO3. The number of hydrogen-bond donors (Lipinski definition) is 2. The van der Waals surface area contributed by atoms with E-state index in [0.29, 0.717) is 5.56 Å². The number of aromatic nitrogens is 1. The molecule has 1 atom stereocenters. The second kappa shape index (κ2) is 3.40. The molecule has 2 aromatic rings. The normalized spacial score (nSPS) is 12.9. The Morgan fingerprint density at radius 3 is 2.80 bits per heavy atom. The van der Waals surface area contributed by atoms with Crippen molar-refractivity contribution in [2.45, 2.75) is 6.10 Å². The summed E-state index contributed by atoms with van der Waals surface area (Å²) in [5.74, 6) is -1.23. The summed E-state index contributed by atoms with van der Waals surface area (Å²) < 4.78 is 1.80. The van der Waals surface area contributed by atoms with Crippen molar-refractivity contribution in [2.75, 3.05) is 0 Å². The molecule has 2 N–H and O–H groups in total. The molecule has 78 valence electrons. The van der Waals surface area contributed by atoms with Gasteiger partial charge in [0.1, 0.15) is 0 Å². The quantitative estimate of drug-likeness (QED) is 0.776. The van der Waals surface area contributed by atoms with Gasteiger partial charge in [-0.05, 0) is 11.5 Å². The van der Waals surface area contributed by atoms with Crippen molar-refractivity contribution < 1.29 is 15.0 Å². The van der Waals surface area contributed by atoms with Crippen molar-refractivity contribution in [1.82, 2.24) is 4.57 Å². The fourth-order valence-corrected chi connectivity index (χ4v) is 1.74. The van der Waals surface area contributed by atoms with Crippen LogP contribution in [-0.4, -0.2) is 20.7 Å². The molecule has 1 aromatic heterocycles. The molecule has 0 aliphatic rings. The average molecular weight is 205 g/mol. The summed E-state index contributed by atoms with van der Waals surface area (Å²) in [5.41, 5.74) is 1.18. The molecule has 0 spiro atoms. The van der Waals surface area contributed by atoms with Crippen molar-refractivity contribution in [2.24, 2.45) is 7.05 Å². The molecule has 0 saturated heterocycles. The molecule has 0 aliphatic heterocycles. The summed E-state index contributed by atoms with van der Waals surface area (Å²) >= 11 is 0. The van der Waals surface area contributed by atoms with Crippen LogP contribution < -0.4 is 0 Å². The van der Waals surface area contributed by atoms with E-state index in [1.54, 1.807) is 16.7 Å². The number of benzene rings is 1. The predicted octanol–water partition coefficient (Wildman–Crippen LogP) is 1.30. The van der Waals surface area contributed by atoms with Crippen molar-refractivity contribution in [3.63, 3.8) is 0 Å². The van der Waals surface area contributed by atoms with E-state index in [-0.39, 0.29) is 0 Å². The lowest BCUT2D eigenvalue weighted by molar-refractivity contribution is -0.146. The Bertz CT molecular complexity index is 516. The van der Waals surface area contributed by atoms with E-state index in [2.05, 4.69) is 0 Å². The topological polar surface area (TPSA) is 62.5 Å². The van der Waals surface area contributed by atoms with E-state index >= 15 is 0 Å². The van der Waals surface area contributed by atoms with Gasteiger partial charge in [-0.15, -0.1) is 0 Å². The zero-order chi connectivity index (χ0) is 11.0. The van der Waals surface area contributed by atoms with Crippen LogP contribution in [0.5, 0.6) is 0 Å². The van der Waals surface area contributed by atoms with Crippen LogP contribution in [0, 0.1) is 0 Å². The second-order valence-corrected chi connectivity index (χ2v) is 3.45. The summed E-state index contributed by atoms with van der Waals surface area (Å²) in [6, 6.07) is 7.13. The third kappa shape index (κ3) is 1.49. The lowest BCUT2D eigenvalue weighted by Crippen LogP contribution is -2.11. The molecule has 1 aromatic carbocycles. The van der Waals surface area contributed by atoms with E-state index in [0.717, 1.165) is 10.9 Å². The zero-order valence-corrected chi connectivity index (χ0v) is 8.21. The van der Waals surface area contributed by atoms with Gasteiger partial charge >= 0.3 is 5.97 Å². The maximum atomic E-state index is 10.7. The lowest BCUT2D eigenvalue weighted by atomic mass is 10.1. The van der Waals surface area contributed by atoms with Gasteiger partial charge in [0.05, 0.1) is 5.52 Å². The second-order valence-electron chi connectivity index (χ2n) is 3.45. The number of hydrogen-bond acceptors (Lipinski definition) is 2. The fourth-order valence-electron chi connectivity index (χ4n) is 1.74. The first-order valence-corrected chi connectivity index (χ1v) is 4.56. The van der Waals surface area contributed by atoms with E-state index in [4.69, 9.17) is 5.11 Å². The number of aliphatic hydroxyl groups excluding tert-OH is 1. The number of rotatable bonds is 2. The van der Waals surface area contributed by atoms with Crippen molar-refractivity contribution >= 4 is 16.9 Å². The van der Waals surface area contributed by atoms with Crippen LogP contribution >= 0.6 is 0 Å². The highest BCUT2D eigenvalue weighted by atomic mass is 16.4. The third-order valence-electron chi connectivity index (χ3n) is 2.46. The van der Waals surface area contributed by atoms with Gasteiger partial charge in [-0.3, -0.25) is 0 Å². The van der Waals surface area contributed by atoms with Crippen molar-refractivity contribution in [3.8, 4) is 0 Å². The summed E-state index contributed by atoms with van der Waals surface area (Å²) in [6.45, 7) is 0. The molecule has 0 aliphatic carbocycles. The highest BCUT2D eigenvalue weighted by Gasteiger charge is 2.19. The van der Waals surface area contributed by atoms with Crippen LogP contribution in [-0.2, 0) is 11.8 Å². The number of carbonyl (C=O) groups is 1. The zero-order valence-electron chi connectivity index (χ0n) is 8.21. The highest BCUT2D eigenvalue weighted by molar-refractivity contribution is 5.88. The number of aliphatic hydroxyl groups is 1. The Balaban J connectivity index is 2.69. The van der Waals surface area contributed by atoms with Gasteiger partial charge in [-0.25, -0.2) is 4.79 Å². The van der Waals surface area contributed by atoms with Crippen molar-refractivity contribution in [3.05, 3.63) is 36.0 Å². The first-order chi connectivity index (χ1) is 7.11. The largest absolute Gasteiger partial charge is 0.479 e. The van der Waals surface area contributed by atoms with E-state index in [1.165, 1.54) is 0 Å². The first-order valence-electron chi connectivity index (χ1n) is 4.56. The number of aliphatic carboxylic acids is 1. The monoisotopic (exact) mass is 205 g/mol. The molecule has 1 unspecified atom stereocenters. The molecule has 4 heteroatoms. The molecule has 15 heavy (non-hydrogen) atoms. The number of carboxylic acid groups (broad SMARTS) is 1. The minimum atomic E-state index is -1.47. The van der Waals surface area contributed by atoms with Gasteiger partial charge in [0.15, 0.2) is 6.10 Å². The molecule has 0 saturated carbocycles. The fraction of sp³-hybridized carbons (Fsp3) is 0.182. The van der Waals surface area contributed by atoms with Gasteiger partial charge in [0, 0.05) is 18.8 Å². The lowest BCUT2D eigenvalue weighted by Gasteiger charge is -2.09. The minimum absolute atomic E-state index is 0.424. The first kappa shape index (κ1) is 9.73. The molecule has 0 amide bonds. The maximum absolute atomic E-state index is 10.7. The van der Waals surface area contributed by atoms with Gasteiger partial charge in [-0.1, -0.05) is 18.2 Å². The number of nitrogens with zero attached hydrogens (tertiary/aromatic N) is 1. The SMILES string of the molecule is Cn1ccc2cccc(C(O)C(=O)O)c21. The summed E-state index contributed by atoms with van der Waals surface area (Å²) in [7, 11) is 1.82. The van der Waals surface area contributed by atoms with E-state index in [9.17, 15) is 9.90 Å². The standard InChI is InChI=1S/C11H11NO3/c1-12-6-5-7-3-2-4-8(9(7)12)10(13)11(14)15/h2-6,10,13H,1H3,(H,14,15). The molecule has 2 rings (SSSR count). The molecule has 0 bridgehead atoms. The Morgan fingerprint density at radius 2 is 2.13 bits per heavy atom. The average Bonchev–Trinajstić information content (AvgIpc) is 2.59. The molecule has 4 nitrogen and oxygen atoms in total. The summed E-state index contributed by atoms with van der Waals surface area (Å²) in [4.78, 5) is 10.7. The third-order valence-corrected chi connectivity index (χ3v) is 2.46. The van der Waals surface area contributed by atoms with E-state index in [1.807, 2.05) is 25.4 Å². The van der Waals surface area contributed by atoms with Crippen LogP contribution in [0.15, 0.2) is 30.5 Å². The number of aryl methyl sites for hydroxylation is 1.